The van der Waals surface area contributed by atoms with Crippen LogP contribution >= 0.6 is 0 Å². The summed E-state index contributed by atoms with van der Waals surface area (Å²) in [6, 6.07) is 4.71. The van der Waals surface area contributed by atoms with E-state index in [0.717, 1.165) is 0 Å². The zero-order valence-corrected chi connectivity index (χ0v) is 12.6. The maximum Gasteiger partial charge on any atom is 0.489 e. The van der Waals surface area contributed by atoms with Gasteiger partial charge in [0.15, 0.2) is 0 Å². The lowest BCUT2D eigenvalue weighted by molar-refractivity contribution is 0.0644. The molecule has 0 aliphatic heterocycles. The Labute approximate surface area is 120 Å². The van der Waals surface area contributed by atoms with Gasteiger partial charge in [-0.2, -0.15) is 0 Å². The second kappa shape index (κ2) is 6.77. The minimum Gasteiger partial charge on any atom is -0.497 e. The van der Waals surface area contributed by atoms with Crippen LogP contribution in [0.5, 0.6) is 5.75 Å². The molecule has 1 aromatic rings. The summed E-state index contributed by atoms with van der Waals surface area (Å²) in [6.07, 6.45) is 0. The van der Waals surface area contributed by atoms with Gasteiger partial charge in [-0.3, -0.25) is 4.79 Å². The third kappa shape index (κ3) is 3.52. The number of hydrogen-bond donors (Lipinski definition) is 2. The van der Waals surface area contributed by atoms with Crippen LogP contribution in [0.4, 0.5) is 0 Å². The standard InChI is InChI=1S/C14H22BNO4/c1-9(2)16(10(3)4)14(17)12-7-6-11(20-5)8-13(12)15(18)19/h6-10,18-19H,1-5H3. The quantitative estimate of drug-likeness (QED) is 0.776. The van der Waals surface area contributed by atoms with Crippen LogP contribution in [0.25, 0.3) is 0 Å². The van der Waals surface area contributed by atoms with Gasteiger partial charge in [0.05, 0.1) is 7.11 Å². The van der Waals surface area contributed by atoms with Gasteiger partial charge in [0.25, 0.3) is 5.91 Å². The molecule has 0 spiro atoms. The number of amides is 1. The number of carbonyl (C=O) groups excluding carboxylic acids is 1. The fraction of sp³-hybridized carbons (Fsp3) is 0.500. The third-order valence-corrected chi connectivity index (χ3v) is 3.11. The van der Waals surface area contributed by atoms with Crippen LogP contribution in [-0.4, -0.2) is 47.2 Å². The fourth-order valence-corrected chi connectivity index (χ4v) is 2.28. The molecular weight excluding hydrogens is 257 g/mol. The normalized spacial score (nSPS) is 10.8. The lowest BCUT2D eigenvalue weighted by atomic mass is 9.76. The smallest absolute Gasteiger partial charge is 0.489 e. The Morgan fingerprint density at radius 3 is 2.15 bits per heavy atom. The Hall–Kier alpha value is -1.53. The van der Waals surface area contributed by atoms with E-state index in [1.165, 1.54) is 13.2 Å². The molecule has 1 rings (SSSR count). The lowest BCUT2D eigenvalue weighted by Gasteiger charge is -2.31. The number of methoxy groups -OCH3 is 1. The molecule has 0 saturated carbocycles. The first-order chi connectivity index (χ1) is 9.29. The predicted octanol–water partition coefficient (Wildman–Crippen LogP) is 0.634. The number of benzene rings is 1. The minimum atomic E-state index is -1.72. The van der Waals surface area contributed by atoms with E-state index in [1.54, 1.807) is 17.0 Å². The molecule has 0 unspecified atom stereocenters. The summed E-state index contributed by atoms with van der Waals surface area (Å²) in [5.74, 6) is 0.256. The van der Waals surface area contributed by atoms with Gasteiger partial charge in [-0.15, -0.1) is 0 Å². The number of hydrogen-bond acceptors (Lipinski definition) is 4. The topological polar surface area (TPSA) is 70.0 Å². The van der Waals surface area contributed by atoms with E-state index < -0.39 is 7.12 Å². The Morgan fingerprint density at radius 2 is 1.75 bits per heavy atom. The van der Waals surface area contributed by atoms with Gasteiger partial charge in [0.1, 0.15) is 5.75 Å². The van der Waals surface area contributed by atoms with E-state index in [9.17, 15) is 14.8 Å². The molecule has 0 radical (unpaired) electrons. The highest BCUT2D eigenvalue weighted by atomic mass is 16.5. The number of rotatable bonds is 5. The second-order valence-corrected chi connectivity index (χ2v) is 5.23. The van der Waals surface area contributed by atoms with Crippen LogP contribution in [0.1, 0.15) is 38.1 Å². The van der Waals surface area contributed by atoms with Crippen molar-refractivity contribution in [1.29, 1.82) is 0 Å². The first kappa shape index (κ1) is 16.5. The highest BCUT2D eigenvalue weighted by Crippen LogP contribution is 2.15. The average Bonchev–Trinajstić information content (AvgIpc) is 2.36. The number of carbonyl (C=O) groups is 1. The molecule has 0 aliphatic carbocycles. The molecule has 1 aromatic carbocycles. The molecule has 1 amide bonds. The Balaban J connectivity index is 3.27. The summed E-state index contributed by atoms with van der Waals surface area (Å²) < 4.78 is 5.05. The molecule has 0 bridgehead atoms. The van der Waals surface area contributed by atoms with E-state index >= 15 is 0 Å². The van der Waals surface area contributed by atoms with Crippen LogP contribution in [0, 0.1) is 0 Å². The third-order valence-electron chi connectivity index (χ3n) is 3.11. The summed E-state index contributed by atoms with van der Waals surface area (Å²) in [6.45, 7) is 7.71. The molecule has 0 aliphatic rings. The molecule has 2 N–H and O–H groups in total. The number of ether oxygens (including phenoxy) is 1. The molecule has 0 saturated heterocycles. The predicted molar refractivity (Wildman–Crippen MR) is 79.3 cm³/mol. The zero-order chi connectivity index (χ0) is 15.4. The summed E-state index contributed by atoms with van der Waals surface area (Å²) in [7, 11) is -0.232. The van der Waals surface area contributed by atoms with Gasteiger partial charge < -0.3 is 19.7 Å². The van der Waals surface area contributed by atoms with Gasteiger partial charge >= 0.3 is 7.12 Å². The van der Waals surface area contributed by atoms with Crippen LogP contribution < -0.4 is 10.2 Å². The largest absolute Gasteiger partial charge is 0.497 e. The summed E-state index contributed by atoms with van der Waals surface area (Å²) >= 11 is 0. The Morgan fingerprint density at radius 1 is 1.20 bits per heavy atom. The van der Waals surface area contributed by atoms with Crippen LogP contribution in [0.2, 0.25) is 0 Å². The SMILES string of the molecule is COc1ccc(C(=O)N(C(C)C)C(C)C)c(B(O)O)c1. The van der Waals surface area contributed by atoms with Crippen molar-refractivity contribution in [1.82, 2.24) is 4.90 Å². The Bertz CT molecular complexity index is 466. The maximum atomic E-state index is 12.6. The van der Waals surface area contributed by atoms with E-state index in [2.05, 4.69) is 0 Å². The van der Waals surface area contributed by atoms with Crippen molar-refractivity contribution < 1.29 is 19.6 Å². The van der Waals surface area contributed by atoms with E-state index in [4.69, 9.17) is 4.74 Å². The van der Waals surface area contributed by atoms with Gasteiger partial charge in [-0.25, -0.2) is 0 Å². The highest BCUT2D eigenvalue weighted by molar-refractivity contribution is 6.60. The second-order valence-electron chi connectivity index (χ2n) is 5.23. The van der Waals surface area contributed by atoms with Crippen molar-refractivity contribution >= 4 is 18.5 Å². The van der Waals surface area contributed by atoms with Crippen molar-refractivity contribution in [3.63, 3.8) is 0 Å². The molecule has 0 fully saturated rings. The zero-order valence-electron chi connectivity index (χ0n) is 12.6. The van der Waals surface area contributed by atoms with Crippen LogP contribution in [0.3, 0.4) is 0 Å². The highest BCUT2D eigenvalue weighted by Gasteiger charge is 2.27. The first-order valence-electron chi connectivity index (χ1n) is 6.66. The van der Waals surface area contributed by atoms with Gasteiger partial charge in [0, 0.05) is 17.6 Å². The van der Waals surface area contributed by atoms with E-state index in [-0.39, 0.29) is 29.0 Å². The molecule has 0 atom stereocenters. The van der Waals surface area contributed by atoms with Gasteiger partial charge in [-0.05, 0) is 51.4 Å². The van der Waals surface area contributed by atoms with Crippen molar-refractivity contribution in [3.8, 4) is 5.75 Å². The van der Waals surface area contributed by atoms with Crippen molar-refractivity contribution in [3.05, 3.63) is 23.8 Å². The molecule has 20 heavy (non-hydrogen) atoms. The number of nitrogens with zero attached hydrogens (tertiary/aromatic N) is 1. The summed E-state index contributed by atoms with van der Waals surface area (Å²) in [5, 5.41) is 18.9. The molecule has 110 valence electrons. The molecule has 0 aromatic heterocycles. The molecule has 0 heterocycles. The molecular formula is C14H22BNO4. The first-order valence-corrected chi connectivity index (χ1v) is 6.66. The summed E-state index contributed by atoms with van der Waals surface area (Å²) in [4.78, 5) is 14.3. The van der Waals surface area contributed by atoms with Gasteiger partial charge in [-0.1, -0.05) is 0 Å². The van der Waals surface area contributed by atoms with Crippen LogP contribution in [0.15, 0.2) is 18.2 Å². The summed E-state index contributed by atoms with van der Waals surface area (Å²) in [5.41, 5.74) is 0.434. The average molecular weight is 279 g/mol. The van der Waals surface area contributed by atoms with Crippen molar-refractivity contribution in [2.75, 3.05) is 7.11 Å². The van der Waals surface area contributed by atoms with E-state index in [1.807, 2.05) is 27.7 Å². The van der Waals surface area contributed by atoms with Crippen molar-refractivity contribution in [2.24, 2.45) is 0 Å². The fourth-order valence-electron chi connectivity index (χ4n) is 2.28. The Kier molecular flexibility index (Phi) is 5.59. The minimum absolute atomic E-state index is 0.0216. The lowest BCUT2D eigenvalue weighted by Crippen LogP contribution is -2.46. The van der Waals surface area contributed by atoms with E-state index in [0.29, 0.717) is 5.75 Å². The molecule has 6 heteroatoms. The molecule has 5 nitrogen and oxygen atoms in total. The van der Waals surface area contributed by atoms with Gasteiger partial charge in [0.2, 0.25) is 0 Å². The monoisotopic (exact) mass is 279 g/mol. The van der Waals surface area contributed by atoms with Crippen molar-refractivity contribution in [2.45, 2.75) is 39.8 Å². The van der Waals surface area contributed by atoms with Crippen LogP contribution in [-0.2, 0) is 0 Å². The maximum absolute atomic E-state index is 12.6.